The van der Waals surface area contributed by atoms with Crippen LogP contribution in [-0.4, -0.2) is 21.9 Å². The Morgan fingerprint density at radius 1 is 1.33 bits per heavy atom. The van der Waals surface area contributed by atoms with E-state index in [9.17, 15) is 0 Å². The number of halogens is 1. The van der Waals surface area contributed by atoms with Crippen molar-refractivity contribution >= 4 is 11.6 Å². The molecule has 0 radical (unpaired) electrons. The summed E-state index contributed by atoms with van der Waals surface area (Å²) in [7, 11) is 0. The Hall–Kier alpha value is -0.540. The van der Waals surface area contributed by atoms with Gasteiger partial charge in [0.2, 0.25) is 0 Å². The summed E-state index contributed by atoms with van der Waals surface area (Å²) >= 11 is 6.06. The summed E-state index contributed by atoms with van der Waals surface area (Å²) in [4.78, 5) is 0. The number of rotatable bonds is 3. The lowest BCUT2D eigenvalue weighted by Crippen LogP contribution is -2.38. The molecule has 0 atom stereocenters. The summed E-state index contributed by atoms with van der Waals surface area (Å²) in [5, 5.41) is 8.58. The average molecular weight is 230 g/mol. The van der Waals surface area contributed by atoms with Crippen molar-refractivity contribution in [2.45, 2.75) is 46.7 Å². The summed E-state index contributed by atoms with van der Waals surface area (Å²) < 4.78 is 1.95. The van der Waals surface area contributed by atoms with E-state index < -0.39 is 0 Å². The predicted molar refractivity (Wildman–Crippen MR) is 64.5 cm³/mol. The van der Waals surface area contributed by atoms with Crippen molar-refractivity contribution in [2.24, 2.45) is 0 Å². The molecule has 1 rings (SSSR count). The average Bonchev–Trinajstić information content (AvgIpc) is 2.32. The SMILES string of the molecule is Cc1nn(CCNC(C)(C)C)c(C)c1Cl. The van der Waals surface area contributed by atoms with Crippen LogP contribution in [0.1, 0.15) is 32.2 Å². The van der Waals surface area contributed by atoms with Crippen LogP contribution in [0.5, 0.6) is 0 Å². The van der Waals surface area contributed by atoms with Gasteiger partial charge < -0.3 is 5.32 Å². The summed E-state index contributed by atoms with van der Waals surface area (Å²) in [5.74, 6) is 0. The Kier molecular flexibility index (Phi) is 3.79. The van der Waals surface area contributed by atoms with Gasteiger partial charge in [-0.05, 0) is 34.6 Å². The van der Waals surface area contributed by atoms with E-state index in [4.69, 9.17) is 11.6 Å². The standard InChI is InChI=1S/C11H20ClN3/c1-8-10(12)9(2)15(14-8)7-6-13-11(3,4)5/h13H,6-7H2,1-5H3. The van der Waals surface area contributed by atoms with Crippen LogP contribution in [0.4, 0.5) is 0 Å². The Bertz CT molecular complexity index is 336. The van der Waals surface area contributed by atoms with E-state index >= 15 is 0 Å². The minimum atomic E-state index is 0.153. The van der Waals surface area contributed by atoms with E-state index in [1.54, 1.807) is 0 Å². The van der Waals surface area contributed by atoms with Crippen LogP contribution in [-0.2, 0) is 6.54 Å². The maximum atomic E-state index is 6.06. The molecule has 0 fully saturated rings. The number of hydrogen-bond acceptors (Lipinski definition) is 2. The van der Waals surface area contributed by atoms with Gasteiger partial charge in [-0.15, -0.1) is 0 Å². The van der Waals surface area contributed by atoms with Crippen molar-refractivity contribution in [1.29, 1.82) is 0 Å². The molecular formula is C11H20ClN3. The highest BCUT2D eigenvalue weighted by atomic mass is 35.5. The highest BCUT2D eigenvalue weighted by Gasteiger charge is 2.11. The molecule has 0 saturated heterocycles. The minimum absolute atomic E-state index is 0.153. The Morgan fingerprint density at radius 2 is 1.93 bits per heavy atom. The van der Waals surface area contributed by atoms with Crippen LogP contribution in [0, 0.1) is 13.8 Å². The lowest BCUT2D eigenvalue weighted by molar-refractivity contribution is 0.403. The molecule has 0 saturated carbocycles. The summed E-state index contributed by atoms with van der Waals surface area (Å²) in [6.45, 7) is 12.2. The summed E-state index contributed by atoms with van der Waals surface area (Å²) in [6.07, 6.45) is 0. The van der Waals surface area contributed by atoms with Crippen molar-refractivity contribution in [3.05, 3.63) is 16.4 Å². The zero-order valence-corrected chi connectivity index (χ0v) is 10.9. The van der Waals surface area contributed by atoms with Gasteiger partial charge >= 0.3 is 0 Å². The molecule has 0 aromatic carbocycles. The van der Waals surface area contributed by atoms with Crippen molar-refractivity contribution in [3.63, 3.8) is 0 Å². The third-order valence-electron chi connectivity index (χ3n) is 2.27. The molecule has 1 aromatic heterocycles. The molecule has 0 aliphatic carbocycles. The highest BCUT2D eigenvalue weighted by molar-refractivity contribution is 6.31. The first-order valence-electron chi connectivity index (χ1n) is 5.26. The smallest absolute Gasteiger partial charge is 0.0844 e. The van der Waals surface area contributed by atoms with Gasteiger partial charge in [-0.1, -0.05) is 11.6 Å². The molecule has 0 aliphatic rings. The Morgan fingerprint density at radius 3 is 2.33 bits per heavy atom. The molecule has 0 unspecified atom stereocenters. The monoisotopic (exact) mass is 229 g/mol. The second-order valence-corrected chi connectivity index (χ2v) is 5.26. The lowest BCUT2D eigenvalue weighted by atomic mass is 10.1. The van der Waals surface area contributed by atoms with Crippen LogP contribution in [0.15, 0.2) is 0 Å². The number of hydrogen-bond donors (Lipinski definition) is 1. The first kappa shape index (κ1) is 12.5. The zero-order chi connectivity index (χ0) is 11.6. The van der Waals surface area contributed by atoms with E-state index in [2.05, 4.69) is 31.2 Å². The van der Waals surface area contributed by atoms with Crippen molar-refractivity contribution < 1.29 is 0 Å². The van der Waals surface area contributed by atoms with Gasteiger partial charge in [0, 0.05) is 12.1 Å². The molecule has 4 heteroatoms. The zero-order valence-electron chi connectivity index (χ0n) is 10.2. The fourth-order valence-corrected chi connectivity index (χ4v) is 1.56. The Balaban J connectivity index is 2.55. The van der Waals surface area contributed by atoms with Gasteiger partial charge in [-0.25, -0.2) is 0 Å². The molecule has 0 spiro atoms. The van der Waals surface area contributed by atoms with E-state index in [1.165, 1.54) is 0 Å². The Labute approximate surface area is 96.8 Å². The maximum absolute atomic E-state index is 6.06. The van der Waals surface area contributed by atoms with Crippen LogP contribution in [0.25, 0.3) is 0 Å². The van der Waals surface area contributed by atoms with E-state index in [0.717, 1.165) is 29.5 Å². The van der Waals surface area contributed by atoms with Gasteiger partial charge in [-0.3, -0.25) is 4.68 Å². The van der Waals surface area contributed by atoms with Gasteiger partial charge in [0.15, 0.2) is 0 Å². The third kappa shape index (κ3) is 3.50. The molecule has 15 heavy (non-hydrogen) atoms. The van der Waals surface area contributed by atoms with Crippen LogP contribution < -0.4 is 5.32 Å². The second kappa shape index (κ2) is 4.54. The first-order valence-corrected chi connectivity index (χ1v) is 5.63. The van der Waals surface area contributed by atoms with Gasteiger partial charge in [0.25, 0.3) is 0 Å². The predicted octanol–water partition coefficient (Wildman–Crippen LogP) is 2.54. The molecule has 0 amide bonds. The summed E-state index contributed by atoms with van der Waals surface area (Å²) in [5.41, 5.74) is 2.11. The number of aromatic nitrogens is 2. The number of nitrogens with zero attached hydrogens (tertiary/aromatic N) is 2. The maximum Gasteiger partial charge on any atom is 0.0844 e. The molecule has 86 valence electrons. The van der Waals surface area contributed by atoms with Gasteiger partial charge in [-0.2, -0.15) is 5.10 Å². The summed E-state index contributed by atoms with van der Waals surface area (Å²) in [6, 6.07) is 0. The van der Waals surface area contributed by atoms with Crippen molar-refractivity contribution in [1.82, 2.24) is 15.1 Å². The fourth-order valence-electron chi connectivity index (χ4n) is 1.43. The molecule has 3 nitrogen and oxygen atoms in total. The van der Waals surface area contributed by atoms with Crippen molar-refractivity contribution in [2.75, 3.05) is 6.54 Å². The molecule has 0 aliphatic heterocycles. The normalized spacial score (nSPS) is 12.1. The second-order valence-electron chi connectivity index (χ2n) is 4.88. The molecule has 1 N–H and O–H groups in total. The van der Waals surface area contributed by atoms with Crippen molar-refractivity contribution in [3.8, 4) is 0 Å². The fraction of sp³-hybridized carbons (Fsp3) is 0.727. The lowest BCUT2D eigenvalue weighted by Gasteiger charge is -2.20. The quantitative estimate of drug-likeness (QED) is 0.864. The third-order valence-corrected chi connectivity index (χ3v) is 2.82. The topological polar surface area (TPSA) is 29.9 Å². The van der Waals surface area contributed by atoms with Crippen LogP contribution >= 0.6 is 11.6 Å². The molecule has 1 heterocycles. The van der Waals surface area contributed by atoms with E-state index in [-0.39, 0.29) is 5.54 Å². The first-order chi connectivity index (χ1) is 6.81. The molecule has 0 bridgehead atoms. The highest BCUT2D eigenvalue weighted by Crippen LogP contribution is 2.18. The van der Waals surface area contributed by atoms with Gasteiger partial charge in [0.1, 0.15) is 0 Å². The van der Waals surface area contributed by atoms with Crippen LogP contribution in [0.3, 0.4) is 0 Å². The minimum Gasteiger partial charge on any atom is -0.310 e. The largest absolute Gasteiger partial charge is 0.310 e. The molecular weight excluding hydrogens is 210 g/mol. The van der Waals surface area contributed by atoms with E-state index in [0.29, 0.717) is 0 Å². The van der Waals surface area contributed by atoms with Crippen LogP contribution in [0.2, 0.25) is 5.02 Å². The number of aryl methyl sites for hydroxylation is 1. The number of nitrogens with one attached hydrogen (secondary N) is 1. The molecule has 1 aromatic rings. The van der Waals surface area contributed by atoms with Gasteiger partial charge in [0.05, 0.1) is 23.0 Å². The van der Waals surface area contributed by atoms with E-state index in [1.807, 2.05) is 18.5 Å².